The molecule has 0 unspecified atom stereocenters. The average molecular weight is 366 g/mol. The number of nitrogens with two attached hydrogens (primary N) is 1. The predicted octanol–water partition coefficient (Wildman–Crippen LogP) is 2.04. The van der Waals surface area contributed by atoms with E-state index in [0.717, 1.165) is 18.7 Å². The summed E-state index contributed by atoms with van der Waals surface area (Å²) >= 11 is 4.64. The minimum atomic E-state index is -1.06. The third-order valence-electron chi connectivity index (χ3n) is 3.72. The lowest BCUT2D eigenvalue weighted by molar-refractivity contribution is 0.0737. The average Bonchev–Trinajstić information content (AvgIpc) is 2.64. The summed E-state index contributed by atoms with van der Waals surface area (Å²) < 4.78 is 5.38. The van der Waals surface area contributed by atoms with Crippen LogP contribution in [0.1, 0.15) is 19.5 Å². The molecule has 0 aromatic carbocycles. The summed E-state index contributed by atoms with van der Waals surface area (Å²) in [4.78, 5) is 15.3. The van der Waals surface area contributed by atoms with Crippen molar-refractivity contribution in [1.29, 1.82) is 0 Å². The van der Waals surface area contributed by atoms with Crippen LogP contribution in [0.15, 0.2) is 24.4 Å². The maximum Gasteiger partial charge on any atom is 0.226 e. The van der Waals surface area contributed by atoms with E-state index in [2.05, 4.69) is 31.5 Å². The van der Waals surface area contributed by atoms with E-state index in [-0.39, 0.29) is 0 Å². The summed E-state index contributed by atoms with van der Waals surface area (Å²) in [7, 11) is 0. The zero-order valence-electron chi connectivity index (χ0n) is 14.7. The van der Waals surface area contributed by atoms with Crippen LogP contribution in [-0.4, -0.2) is 52.7 Å². The maximum atomic E-state index is 10.4. The first-order valence-electron chi connectivity index (χ1n) is 7.98. The van der Waals surface area contributed by atoms with E-state index in [4.69, 9.17) is 10.5 Å². The summed E-state index contributed by atoms with van der Waals surface area (Å²) in [5.41, 5.74) is 6.71. The molecule has 1 aliphatic rings. The molecule has 0 bridgehead atoms. The maximum absolute atomic E-state index is 10.4. The van der Waals surface area contributed by atoms with Gasteiger partial charge in [-0.25, -0.2) is 15.0 Å². The van der Waals surface area contributed by atoms with Crippen LogP contribution in [0.25, 0.3) is 11.3 Å². The SMILES string of the molecule is CC(C)(O)c1cc(-c2ccc(N)nc2)nc(N2CCOCC2)n1.CCl. The topological polar surface area (TPSA) is 97.4 Å². The Hall–Kier alpha value is -1.96. The number of halogens is 1. The second-order valence-electron chi connectivity index (χ2n) is 6.07. The van der Waals surface area contributed by atoms with Crippen molar-refractivity contribution in [3.8, 4) is 11.3 Å². The van der Waals surface area contributed by atoms with Crippen molar-refractivity contribution in [3.63, 3.8) is 0 Å². The van der Waals surface area contributed by atoms with E-state index >= 15 is 0 Å². The van der Waals surface area contributed by atoms with Gasteiger partial charge in [0.25, 0.3) is 0 Å². The molecule has 1 saturated heterocycles. The molecule has 3 heterocycles. The molecule has 0 radical (unpaired) electrons. The Morgan fingerprint density at radius 1 is 1.20 bits per heavy atom. The lowest BCUT2D eigenvalue weighted by Gasteiger charge is -2.28. The summed E-state index contributed by atoms with van der Waals surface area (Å²) in [6.45, 7) is 6.18. The fourth-order valence-corrected chi connectivity index (χ4v) is 2.36. The van der Waals surface area contributed by atoms with Crippen LogP contribution in [0.4, 0.5) is 11.8 Å². The number of aromatic nitrogens is 3. The van der Waals surface area contributed by atoms with Gasteiger partial charge in [0.1, 0.15) is 11.4 Å². The summed E-state index contributed by atoms with van der Waals surface area (Å²) in [6, 6.07) is 5.38. The van der Waals surface area contributed by atoms with Gasteiger partial charge in [-0.3, -0.25) is 0 Å². The standard InChI is InChI=1S/C16H21N5O2.CH3Cl/c1-16(2,22)13-9-12(11-3-4-14(17)18-10-11)19-15(20-13)21-5-7-23-8-6-21;1-2/h3-4,9-10,22H,5-8H2,1-2H3,(H2,17,18);1H3. The zero-order valence-corrected chi connectivity index (χ0v) is 15.5. The predicted molar refractivity (Wildman–Crippen MR) is 99.7 cm³/mol. The Balaban J connectivity index is 0.00000109. The molecule has 0 aliphatic carbocycles. The van der Waals surface area contributed by atoms with Gasteiger partial charge in [-0.1, -0.05) is 0 Å². The number of nitrogen functional groups attached to an aromatic ring is 1. The summed E-state index contributed by atoms with van der Waals surface area (Å²) in [5, 5.41) is 10.4. The Morgan fingerprint density at radius 2 is 1.88 bits per heavy atom. The van der Waals surface area contributed by atoms with Gasteiger partial charge in [-0.15, -0.1) is 11.6 Å². The number of morpholine rings is 1. The third-order valence-corrected chi connectivity index (χ3v) is 3.72. The van der Waals surface area contributed by atoms with Crippen molar-refractivity contribution in [3.05, 3.63) is 30.1 Å². The first-order valence-corrected chi connectivity index (χ1v) is 8.73. The van der Waals surface area contributed by atoms with Crippen molar-refractivity contribution in [2.75, 3.05) is 43.3 Å². The quantitative estimate of drug-likeness (QED) is 0.803. The molecule has 2 aromatic heterocycles. The molecular formula is C17H24ClN5O2. The first-order chi connectivity index (χ1) is 11.9. The van der Waals surface area contributed by atoms with E-state index in [1.54, 1.807) is 32.2 Å². The number of rotatable bonds is 3. The van der Waals surface area contributed by atoms with Crippen molar-refractivity contribution in [1.82, 2.24) is 15.0 Å². The molecule has 7 nitrogen and oxygen atoms in total. The highest BCUT2D eigenvalue weighted by Gasteiger charge is 2.23. The number of hydrogen-bond donors (Lipinski definition) is 2. The third kappa shape index (κ3) is 5.01. The highest BCUT2D eigenvalue weighted by Crippen LogP contribution is 2.26. The molecule has 0 amide bonds. The van der Waals surface area contributed by atoms with Crippen LogP contribution in [0, 0.1) is 0 Å². The monoisotopic (exact) mass is 365 g/mol. The molecule has 1 aliphatic heterocycles. The largest absolute Gasteiger partial charge is 0.384 e. The van der Waals surface area contributed by atoms with Crippen LogP contribution < -0.4 is 10.6 Å². The molecule has 1 fully saturated rings. The van der Waals surface area contributed by atoms with Crippen molar-refractivity contribution >= 4 is 23.4 Å². The van der Waals surface area contributed by atoms with Crippen LogP contribution in [-0.2, 0) is 10.3 Å². The highest BCUT2D eigenvalue weighted by molar-refractivity contribution is 6.15. The Kier molecular flexibility index (Phi) is 6.52. The molecule has 0 spiro atoms. The van der Waals surface area contributed by atoms with Gasteiger partial charge in [0.2, 0.25) is 5.95 Å². The number of nitrogens with zero attached hydrogens (tertiary/aromatic N) is 4. The molecule has 8 heteroatoms. The van der Waals surface area contributed by atoms with Gasteiger partial charge < -0.3 is 20.5 Å². The van der Waals surface area contributed by atoms with E-state index in [1.807, 2.05) is 6.07 Å². The van der Waals surface area contributed by atoms with Gasteiger partial charge in [-0.2, -0.15) is 0 Å². The van der Waals surface area contributed by atoms with Crippen molar-refractivity contribution in [2.24, 2.45) is 0 Å². The molecule has 3 rings (SSSR count). The molecule has 25 heavy (non-hydrogen) atoms. The fraction of sp³-hybridized carbons (Fsp3) is 0.471. The zero-order chi connectivity index (χ0) is 18.4. The first kappa shape index (κ1) is 19.4. The minimum Gasteiger partial charge on any atom is -0.384 e. The van der Waals surface area contributed by atoms with Crippen molar-refractivity contribution in [2.45, 2.75) is 19.4 Å². The van der Waals surface area contributed by atoms with E-state index in [9.17, 15) is 5.11 Å². The number of aliphatic hydroxyl groups is 1. The Labute approximate surface area is 152 Å². The summed E-state index contributed by atoms with van der Waals surface area (Å²) in [6.07, 6.45) is 3.15. The lowest BCUT2D eigenvalue weighted by atomic mass is 10.0. The molecule has 2 aromatic rings. The normalized spacial score (nSPS) is 14.7. The van der Waals surface area contributed by atoms with E-state index in [1.165, 1.54) is 6.38 Å². The second kappa shape index (κ2) is 8.42. The van der Waals surface area contributed by atoms with Crippen molar-refractivity contribution < 1.29 is 9.84 Å². The van der Waals surface area contributed by atoms with Crippen LogP contribution in [0.5, 0.6) is 0 Å². The van der Waals surface area contributed by atoms with Crippen LogP contribution >= 0.6 is 11.6 Å². The molecule has 3 N–H and O–H groups in total. The molecule has 136 valence electrons. The number of anilines is 2. The van der Waals surface area contributed by atoms with E-state index < -0.39 is 5.60 Å². The molecule has 0 saturated carbocycles. The Bertz CT molecular complexity index is 682. The van der Waals surface area contributed by atoms with Gasteiger partial charge in [-0.05, 0) is 32.0 Å². The second-order valence-corrected chi connectivity index (χ2v) is 6.07. The highest BCUT2D eigenvalue weighted by atomic mass is 35.5. The van der Waals surface area contributed by atoms with Gasteiger partial charge >= 0.3 is 0 Å². The van der Waals surface area contributed by atoms with Crippen LogP contribution in [0.2, 0.25) is 0 Å². The number of ether oxygens (including phenoxy) is 1. The minimum absolute atomic E-state index is 0.457. The van der Waals surface area contributed by atoms with Gasteiger partial charge in [0, 0.05) is 31.2 Å². The smallest absolute Gasteiger partial charge is 0.226 e. The lowest BCUT2D eigenvalue weighted by Crippen LogP contribution is -2.38. The molecule has 0 atom stereocenters. The van der Waals surface area contributed by atoms with Gasteiger partial charge in [0.15, 0.2) is 0 Å². The van der Waals surface area contributed by atoms with E-state index in [0.29, 0.717) is 36.4 Å². The molecular weight excluding hydrogens is 342 g/mol. The Morgan fingerprint density at radius 3 is 2.44 bits per heavy atom. The fourth-order valence-electron chi connectivity index (χ4n) is 2.36. The summed E-state index contributed by atoms with van der Waals surface area (Å²) in [5.74, 6) is 1.05. The number of alkyl halides is 1. The number of pyridine rings is 1. The van der Waals surface area contributed by atoms with Crippen LogP contribution in [0.3, 0.4) is 0 Å². The number of hydrogen-bond acceptors (Lipinski definition) is 7. The van der Waals surface area contributed by atoms with Gasteiger partial charge in [0.05, 0.1) is 24.6 Å².